The number of hydrogen-bond acceptors (Lipinski definition) is 3. The van der Waals surface area contributed by atoms with Crippen LogP contribution in [0.2, 0.25) is 0 Å². The summed E-state index contributed by atoms with van der Waals surface area (Å²) in [5, 5.41) is -0.469. The second-order valence-electron chi connectivity index (χ2n) is 5.02. The summed E-state index contributed by atoms with van der Waals surface area (Å²) in [6, 6.07) is 7.02. The third kappa shape index (κ3) is 3.09. The Balaban J connectivity index is 2.13. The molecule has 0 amide bonds. The molecule has 0 aliphatic carbocycles. The summed E-state index contributed by atoms with van der Waals surface area (Å²) in [5.41, 5.74) is 1.32. The SMILES string of the molecule is CC1(C)COB(c2cccc(C(=O)Cl)c2)OC1. The van der Waals surface area contributed by atoms with Gasteiger partial charge < -0.3 is 9.31 Å². The molecule has 1 saturated heterocycles. The molecular formula is C12H14BClO3. The normalized spacial score (nSPS) is 19.1. The first-order chi connectivity index (χ1) is 7.98. The Labute approximate surface area is 106 Å². The van der Waals surface area contributed by atoms with Gasteiger partial charge in [0, 0.05) is 24.2 Å². The molecule has 0 spiro atoms. The van der Waals surface area contributed by atoms with Crippen LogP contribution in [0.4, 0.5) is 0 Å². The minimum absolute atomic E-state index is 0.0381. The molecule has 1 heterocycles. The second-order valence-corrected chi connectivity index (χ2v) is 5.36. The fourth-order valence-electron chi connectivity index (χ4n) is 1.69. The molecule has 0 radical (unpaired) electrons. The van der Waals surface area contributed by atoms with E-state index in [1.807, 2.05) is 6.07 Å². The summed E-state index contributed by atoms with van der Waals surface area (Å²) in [6.07, 6.45) is 0. The monoisotopic (exact) mass is 252 g/mol. The van der Waals surface area contributed by atoms with Gasteiger partial charge in [-0.3, -0.25) is 4.79 Å². The van der Waals surface area contributed by atoms with E-state index in [9.17, 15) is 4.79 Å². The van der Waals surface area contributed by atoms with Crippen LogP contribution < -0.4 is 5.46 Å². The van der Waals surface area contributed by atoms with Crippen LogP contribution >= 0.6 is 11.6 Å². The Morgan fingerprint density at radius 3 is 2.59 bits per heavy atom. The van der Waals surface area contributed by atoms with Crippen molar-refractivity contribution in [2.75, 3.05) is 13.2 Å². The van der Waals surface area contributed by atoms with Gasteiger partial charge in [0.2, 0.25) is 0 Å². The summed E-state index contributed by atoms with van der Waals surface area (Å²) in [7, 11) is -0.404. The first kappa shape index (κ1) is 12.6. The van der Waals surface area contributed by atoms with E-state index in [2.05, 4.69) is 13.8 Å². The van der Waals surface area contributed by atoms with E-state index in [0.717, 1.165) is 5.46 Å². The predicted molar refractivity (Wildman–Crippen MR) is 67.7 cm³/mol. The lowest BCUT2D eigenvalue weighted by atomic mass is 9.75. The van der Waals surface area contributed by atoms with Crippen LogP contribution in [-0.4, -0.2) is 25.6 Å². The number of carbonyl (C=O) groups is 1. The molecule has 0 N–H and O–H groups in total. The van der Waals surface area contributed by atoms with Crippen LogP contribution in [0.3, 0.4) is 0 Å². The minimum atomic E-state index is -0.469. The van der Waals surface area contributed by atoms with Gasteiger partial charge in [-0.2, -0.15) is 0 Å². The van der Waals surface area contributed by atoms with E-state index in [4.69, 9.17) is 20.9 Å². The number of carbonyl (C=O) groups excluding carboxylic acids is 1. The maximum atomic E-state index is 11.1. The third-order valence-electron chi connectivity index (χ3n) is 2.64. The zero-order chi connectivity index (χ0) is 12.5. The van der Waals surface area contributed by atoms with E-state index >= 15 is 0 Å². The number of rotatable bonds is 2. The van der Waals surface area contributed by atoms with Crippen molar-refractivity contribution < 1.29 is 14.1 Å². The first-order valence-corrected chi connectivity index (χ1v) is 5.89. The summed E-state index contributed by atoms with van der Waals surface area (Å²) in [4.78, 5) is 11.1. The molecular weight excluding hydrogens is 238 g/mol. The highest BCUT2D eigenvalue weighted by Gasteiger charge is 2.33. The number of halogens is 1. The molecule has 3 nitrogen and oxygen atoms in total. The molecule has 2 rings (SSSR count). The van der Waals surface area contributed by atoms with Crippen molar-refractivity contribution in [2.45, 2.75) is 13.8 Å². The standard InChI is InChI=1S/C12H14BClO3/c1-12(2)7-16-13(17-8-12)10-5-3-4-9(6-10)11(14)15/h3-6H,7-8H2,1-2H3. The molecule has 0 bridgehead atoms. The summed E-state index contributed by atoms with van der Waals surface area (Å²) >= 11 is 5.44. The van der Waals surface area contributed by atoms with Gasteiger partial charge in [0.15, 0.2) is 0 Å². The third-order valence-corrected chi connectivity index (χ3v) is 2.85. The first-order valence-electron chi connectivity index (χ1n) is 5.51. The molecule has 1 aromatic carbocycles. The van der Waals surface area contributed by atoms with Crippen molar-refractivity contribution in [2.24, 2.45) is 5.41 Å². The van der Waals surface area contributed by atoms with Crippen LogP contribution in [0.15, 0.2) is 24.3 Å². The quantitative estimate of drug-likeness (QED) is 0.595. The van der Waals surface area contributed by atoms with Gasteiger partial charge in [-0.25, -0.2) is 0 Å². The van der Waals surface area contributed by atoms with Crippen molar-refractivity contribution in [3.63, 3.8) is 0 Å². The molecule has 0 aromatic heterocycles. The van der Waals surface area contributed by atoms with E-state index in [0.29, 0.717) is 18.8 Å². The van der Waals surface area contributed by atoms with Crippen molar-refractivity contribution in [3.05, 3.63) is 29.8 Å². The van der Waals surface area contributed by atoms with Gasteiger partial charge in [-0.1, -0.05) is 38.1 Å². The Bertz CT molecular complexity index is 424. The zero-order valence-electron chi connectivity index (χ0n) is 9.90. The van der Waals surface area contributed by atoms with Crippen LogP contribution in [0, 0.1) is 5.41 Å². The highest BCUT2D eigenvalue weighted by atomic mass is 35.5. The van der Waals surface area contributed by atoms with Crippen molar-refractivity contribution in [3.8, 4) is 0 Å². The van der Waals surface area contributed by atoms with Gasteiger partial charge in [0.1, 0.15) is 0 Å². The largest absolute Gasteiger partial charge is 0.493 e. The molecule has 1 aliphatic rings. The fraction of sp³-hybridized carbons (Fsp3) is 0.417. The summed E-state index contributed by atoms with van der Waals surface area (Å²) in [5.74, 6) is 0. The van der Waals surface area contributed by atoms with Crippen LogP contribution in [0.5, 0.6) is 0 Å². The predicted octanol–water partition coefficient (Wildman–Crippen LogP) is 1.83. The molecule has 1 aromatic rings. The van der Waals surface area contributed by atoms with Gasteiger partial charge in [0.05, 0.1) is 0 Å². The average Bonchev–Trinajstić information content (AvgIpc) is 2.29. The molecule has 1 aliphatic heterocycles. The topological polar surface area (TPSA) is 35.5 Å². The number of benzene rings is 1. The Hall–Kier alpha value is -0.835. The van der Waals surface area contributed by atoms with Crippen molar-refractivity contribution in [1.82, 2.24) is 0 Å². The summed E-state index contributed by atoms with van der Waals surface area (Å²) in [6.45, 7) is 5.44. The van der Waals surface area contributed by atoms with Crippen LogP contribution in [0.1, 0.15) is 24.2 Å². The molecule has 0 unspecified atom stereocenters. The summed E-state index contributed by atoms with van der Waals surface area (Å²) < 4.78 is 11.3. The molecule has 5 heteroatoms. The molecule has 0 atom stereocenters. The molecule has 17 heavy (non-hydrogen) atoms. The Morgan fingerprint density at radius 1 is 1.35 bits per heavy atom. The lowest BCUT2D eigenvalue weighted by molar-refractivity contribution is 0.0343. The van der Waals surface area contributed by atoms with Gasteiger partial charge in [-0.05, 0) is 17.1 Å². The minimum Gasteiger partial charge on any atom is -0.407 e. The molecule has 90 valence electrons. The van der Waals surface area contributed by atoms with E-state index in [-0.39, 0.29) is 5.41 Å². The highest BCUT2D eigenvalue weighted by Crippen LogP contribution is 2.21. The van der Waals surface area contributed by atoms with Crippen LogP contribution in [-0.2, 0) is 9.31 Å². The Kier molecular flexibility index (Phi) is 3.57. The maximum Gasteiger partial charge on any atom is 0.493 e. The van der Waals surface area contributed by atoms with Crippen molar-refractivity contribution in [1.29, 1.82) is 0 Å². The zero-order valence-corrected chi connectivity index (χ0v) is 10.7. The lowest BCUT2D eigenvalue weighted by Crippen LogP contribution is -2.47. The maximum absolute atomic E-state index is 11.1. The van der Waals surface area contributed by atoms with E-state index < -0.39 is 12.4 Å². The fourth-order valence-corrected chi connectivity index (χ4v) is 1.81. The number of hydrogen-bond donors (Lipinski definition) is 0. The smallest absolute Gasteiger partial charge is 0.407 e. The van der Waals surface area contributed by atoms with Gasteiger partial charge in [0.25, 0.3) is 5.24 Å². The molecule has 1 fully saturated rings. The van der Waals surface area contributed by atoms with Gasteiger partial charge >= 0.3 is 7.12 Å². The Morgan fingerprint density at radius 2 is 2.00 bits per heavy atom. The van der Waals surface area contributed by atoms with Crippen LogP contribution in [0.25, 0.3) is 0 Å². The van der Waals surface area contributed by atoms with E-state index in [1.54, 1.807) is 18.2 Å². The molecule has 0 saturated carbocycles. The average molecular weight is 253 g/mol. The van der Waals surface area contributed by atoms with Crippen molar-refractivity contribution >= 4 is 29.4 Å². The van der Waals surface area contributed by atoms with E-state index in [1.165, 1.54) is 0 Å². The lowest BCUT2D eigenvalue weighted by Gasteiger charge is -2.33. The van der Waals surface area contributed by atoms with Gasteiger partial charge in [-0.15, -0.1) is 0 Å². The highest BCUT2D eigenvalue weighted by molar-refractivity contribution is 6.68. The second kappa shape index (κ2) is 4.80.